The number of hydrogen-bond donors (Lipinski definition) is 1. The fourth-order valence-corrected chi connectivity index (χ4v) is 1.70. The Morgan fingerprint density at radius 3 is 2.93 bits per heavy atom. The molecule has 0 amide bonds. The summed E-state index contributed by atoms with van der Waals surface area (Å²) in [4.78, 5) is 12.7. The van der Waals surface area contributed by atoms with Crippen LogP contribution in [0.2, 0.25) is 0 Å². The quantitative estimate of drug-likeness (QED) is 0.782. The third-order valence-corrected chi connectivity index (χ3v) is 3.30. The molecule has 0 aromatic carbocycles. The maximum absolute atomic E-state index is 11.5. The SMILES string of the molecule is CCC(C)(N)C(=O)OCCc1cccs1. The molecule has 0 bridgehead atoms. The summed E-state index contributed by atoms with van der Waals surface area (Å²) >= 11 is 1.67. The van der Waals surface area contributed by atoms with E-state index in [2.05, 4.69) is 0 Å². The van der Waals surface area contributed by atoms with Gasteiger partial charge in [-0.05, 0) is 24.8 Å². The second-order valence-corrected chi connectivity index (χ2v) is 4.77. The molecule has 1 unspecified atom stereocenters. The fraction of sp³-hybridized carbons (Fsp3) is 0.545. The first-order chi connectivity index (χ1) is 7.06. The van der Waals surface area contributed by atoms with Crippen molar-refractivity contribution in [1.29, 1.82) is 0 Å². The van der Waals surface area contributed by atoms with Gasteiger partial charge in [-0.2, -0.15) is 0 Å². The summed E-state index contributed by atoms with van der Waals surface area (Å²) in [7, 11) is 0. The molecule has 0 aliphatic carbocycles. The molecule has 1 heterocycles. The Morgan fingerprint density at radius 1 is 1.67 bits per heavy atom. The van der Waals surface area contributed by atoms with Crippen LogP contribution < -0.4 is 5.73 Å². The highest BCUT2D eigenvalue weighted by atomic mass is 32.1. The number of esters is 1. The Hall–Kier alpha value is -0.870. The number of ether oxygens (including phenoxy) is 1. The van der Waals surface area contributed by atoms with Crippen molar-refractivity contribution in [2.24, 2.45) is 5.73 Å². The van der Waals surface area contributed by atoms with Crippen LogP contribution in [0, 0.1) is 0 Å². The largest absolute Gasteiger partial charge is 0.464 e. The van der Waals surface area contributed by atoms with Crippen LogP contribution in [0.5, 0.6) is 0 Å². The van der Waals surface area contributed by atoms with Crippen molar-refractivity contribution in [3.05, 3.63) is 22.4 Å². The van der Waals surface area contributed by atoms with Gasteiger partial charge in [0.25, 0.3) is 0 Å². The Labute approximate surface area is 94.2 Å². The molecule has 0 fully saturated rings. The molecule has 3 nitrogen and oxygen atoms in total. The molecule has 1 aromatic heterocycles. The Bertz CT molecular complexity index is 306. The van der Waals surface area contributed by atoms with E-state index in [1.165, 1.54) is 4.88 Å². The van der Waals surface area contributed by atoms with E-state index in [1.54, 1.807) is 18.3 Å². The van der Waals surface area contributed by atoms with Gasteiger partial charge in [0.05, 0.1) is 6.61 Å². The van der Waals surface area contributed by atoms with Gasteiger partial charge in [0.15, 0.2) is 0 Å². The summed E-state index contributed by atoms with van der Waals surface area (Å²) in [6, 6.07) is 4.01. The second-order valence-electron chi connectivity index (χ2n) is 3.74. The highest BCUT2D eigenvalue weighted by Crippen LogP contribution is 2.11. The molecule has 1 rings (SSSR count). The van der Waals surface area contributed by atoms with Gasteiger partial charge in [0, 0.05) is 11.3 Å². The molecule has 0 saturated carbocycles. The number of nitrogens with two attached hydrogens (primary N) is 1. The lowest BCUT2D eigenvalue weighted by Crippen LogP contribution is -2.45. The minimum Gasteiger partial charge on any atom is -0.464 e. The molecule has 1 aromatic rings. The summed E-state index contributed by atoms with van der Waals surface area (Å²) in [5.41, 5.74) is 4.90. The molecule has 2 N–H and O–H groups in total. The zero-order chi connectivity index (χ0) is 11.3. The molecule has 0 saturated heterocycles. The maximum Gasteiger partial charge on any atom is 0.325 e. The van der Waals surface area contributed by atoms with Crippen LogP contribution in [-0.2, 0) is 16.0 Å². The number of carbonyl (C=O) groups excluding carboxylic acids is 1. The van der Waals surface area contributed by atoms with E-state index < -0.39 is 5.54 Å². The van der Waals surface area contributed by atoms with Crippen LogP contribution in [0.25, 0.3) is 0 Å². The molecular formula is C11H17NO2S. The van der Waals surface area contributed by atoms with Crippen LogP contribution in [0.1, 0.15) is 25.1 Å². The maximum atomic E-state index is 11.5. The molecule has 84 valence electrons. The van der Waals surface area contributed by atoms with E-state index in [4.69, 9.17) is 10.5 Å². The molecule has 15 heavy (non-hydrogen) atoms. The fourth-order valence-electron chi connectivity index (χ4n) is 1.01. The topological polar surface area (TPSA) is 52.3 Å². The molecule has 4 heteroatoms. The molecule has 0 aliphatic rings. The van der Waals surface area contributed by atoms with Gasteiger partial charge in [-0.3, -0.25) is 4.79 Å². The van der Waals surface area contributed by atoms with Gasteiger partial charge in [-0.25, -0.2) is 0 Å². The zero-order valence-corrected chi connectivity index (χ0v) is 9.97. The lowest BCUT2D eigenvalue weighted by molar-refractivity contribution is -0.149. The minimum absolute atomic E-state index is 0.318. The summed E-state index contributed by atoms with van der Waals surface area (Å²) in [6.07, 6.45) is 1.36. The van der Waals surface area contributed by atoms with E-state index in [-0.39, 0.29) is 5.97 Å². The van der Waals surface area contributed by atoms with E-state index in [0.717, 1.165) is 6.42 Å². The van der Waals surface area contributed by atoms with Crippen LogP contribution in [0.15, 0.2) is 17.5 Å². The van der Waals surface area contributed by atoms with Gasteiger partial charge in [-0.15, -0.1) is 11.3 Å². The predicted molar refractivity (Wildman–Crippen MR) is 61.9 cm³/mol. The highest BCUT2D eigenvalue weighted by molar-refractivity contribution is 7.09. The van der Waals surface area contributed by atoms with E-state index in [0.29, 0.717) is 13.0 Å². The lowest BCUT2D eigenvalue weighted by Gasteiger charge is -2.20. The predicted octanol–water partition coefficient (Wildman–Crippen LogP) is 1.96. The molecule has 0 spiro atoms. The summed E-state index contributed by atoms with van der Waals surface area (Å²) < 4.78 is 5.11. The second kappa shape index (κ2) is 5.28. The summed E-state index contributed by atoms with van der Waals surface area (Å²) in [5.74, 6) is -0.318. The molecule has 1 atom stereocenters. The van der Waals surface area contributed by atoms with Gasteiger partial charge < -0.3 is 10.5 Å². The van der Waals surface area contributed by atoms with E-state index in [1.807, 2.05) is 24.4 Å². The van der Waals surface area contributed by atoms with E-state index in [9.17, 15) is 4.79 Å². The first-order valence-corrected chi connectivity index (χ1v) is 5.92. The minimum atomic E-state index is -0.852. The van der Waals surface area contributed by atoms with Crippen LogP contribution in [-0.4, -0.2) is 18.1 Å². The number of hydrogen-bond acceptors (Lipinski definition) is 4. The van der Waals surface area contributed by atoms with Gasteiger partial charge in [-0.1, -0.05) is 13.0 Å². The lowest BCUT2D eigenvalue weighted by atomic mass is 10.0. The van der Waals surface area contributed by atoms with Crippen molar-refractivity contribution >= 4 is 17.3 Å². The molecule has 0 radical (unpaired) electrons. The zero-order valence-electron chi connectivity index (χ0n) is 9.16. The monoisotopic (exact) mass is 227 g/mol. The first kappa shape index (κ1) is 12.2. The normalized spacial score (nSPS) is 14.6. The average molecular weight is 227 g/mol. The Kier molecular flexibility index (Phi) is 4.29. The first-order valence-electron chi connectivity index (χ1n) is 5.04. The van der Waals surface area contributed by atoms with Crippen molar-refractivity contribution < 1.29 is 9.53 Å². The van der Waals surface area contributed by atoms with Crippen molar-refractivity contribution in [2.45, 2.75) is 32.2 Å². The van der Waals surface area contributed by atoms with Gasteiger partial charge in [0.1, 0.15) is 5.54 Å². The standard InChI is InChI=1S/C11H17NO2S/c1-3-11(2,12)10(13)14-7-6-9-5-4-8-15-9/h4-5,8H,3,6-7,12H2,1-2H3. The van der Waals surface area contributed by atoms with Crippen molar-refractivity contribution in [2.75, 3.05) is 6.61 Å². The number of carbonyl (C=O) groups is 1. The third kappa shape index (κ3) is 3.64. The highest BCUT2D eigenvalue weighted by Gasteiger charge is 2.27. The van der Waals surface area contributed by atoms with Crippen LogP contribution in [0.3, 0.4) is 0 Å². The van der Waals surface area contributed by atoms with E-state index >= 15 is 0 Å². The van der Waals surface area contributed by atoms with Gasteiger partial charge in [0.2, 0.25) is 0 Å². The van der Waals surface area contributed by atoms with Crippen molar-refractivity contribution in [1.82, 2.24) is 0 Å². The Balaban J connectivity index is 2.29. The smallest absolute Gasteiger partial charge is 0.325 e. The summed E-state index contributed by atoms with van der Waals surface area (Å²) in [5, 5.41) is 2.01. The Morgan fingerprint density at radius 2 is 2.40 bits per heavy atom. The van der Waals surface area contributed by atoms with Gasteiger partial charge >= 0.3 is 5.97 Å². The number of thiophene rings is 1. The van der Waals surface area contributed by atoms with Crippen LogP contribution >= 0.6 is 11.3 Å². The van der Waals surface area contributed by atoms with Crippen molar-refractivity contribution in [3.8, 4) is 0 Å². The molecule has 0 aliphatic heterocycles. The third-order valence-electron chi connectivity index (χ3n) is 2.36. The number of rotatable bonds is 5. The summed E-state index contributed by atoms with van der Waals surface area (Å²) in [6.45, 7) is 3.98. The van der Waals surface area contributed by atoms with Crippen molar-refractivity contribution in [3.63, 3.8) is 0 Å². The van der Waals surface area contributed by atoms with Crippen LogP contribution in [0.4, 0.5) is 0 Å². The average Bonchev–Trinajstić information content (AvgIpc) is 2.70. The molecular weight excluding hydrogens is 210 g/mol.